The van der Waals surface area contributed by atoms with E-state index in [1.54, 1.807) is 26.0 Å². The van der Waals surface area contributed by atoms with Gasteiger partial charge in [0.2, 0.25) is 5.91 Å². The lowest BCUT2D eigenvalue weighted by Gasteiger charge is -2.25. The van der Waals surface area contributed by atoms with Gasteiger partial charge in [-0.1, -0.05) is 6.42 Å². The molecule has 0 aromatic heterocycles. The second-order valence-corrected chi connectivity index (χ2v) is 10.5. The van der Waals surface area contributed by atoms with Crippen LogP contribution in [0.5, 0.6) is 17.2 Å². The van der Waals surface area contributed by atoms with Crippen molar-refractivity contribution in [3.05, 3.63) is 41.5 Å². The molecule has 1 fully saturated rings. The van der Waals surface area contributed by atoms with Gasteiger partial charge < -0.3 is 19.9 Å². The Morgan fingerprint density at radius 1 is 1.15 bits per heavy atom. The van der Waals surface area contributed by atoms with Gasteiger partial charge in [-0.2, -0.15) is 0 Å². The Bertz CT molecular complexity index is 1150. The number of amides is 1. The predicted molar refractivity (Wildman–Crippen MR) is 123 cm³/mol. The Hall–Kier alpha value is -3.07. The monoisotopic (exact) mass is 475 g/mol. The quantitative estimate of drug-likeness (QED) is 0.435. The van der Waals surface area contributed by atoms with Crippen LogP contribution in [0.25, 0.3) is 0 Å². The van der Waals surface area contributed by atoms with Crippen molar-refractivity contribution in [2.75, 3.05) is 18.2 Å². The average molecular weight is 476 g/mol. The van der Waals surface area contributed by atoms with Gasteiger partial charge >= 0.3 is 5.97 Å². The minimum Gasteiger partial charge on any atom is -0.507 e. The molecule has 1 saturated carbocycles. The van der Waals surface area contributed by atoms with Gasteiger partial charge in [0, 0.05) is 11.8 Å². The second kappa shape index (κ2) is 9.82. The number of methoxy groups -OCH3 is 1. The molecular weight excluding hydrogens is 446 g/mol. The summed E-state index contributed by atoms with van der Waals surface area (Å²) in [6.07, 6.45) is 2.80. The third kappa shape index (κ3) is 5.65. The molecule has 1 unspecified atom stereocenters. The van der Waals surface area contributed by atoms with Gasteiger partial charge in [-0.3, -0.25) is 9.59 Å². The number of ether oxygens (including phenoxy) is 2. The Morgan fingerprint density at radius 3 is 2.33 bits per heavy atom. The van der Waals surface area contributed by atoms with Crippen molar-refractivity contribution in [1.82, 2.24) is 0 Å². The second-order valence-electron chi connectivity index (χ2n) is 8.48. The predicted octanol–water partition coefficient (Wildman–Crippen LogP) is 4.12. The fourth-order valence-electron chi connectivity index (χ4n) is 3.70. The van der Waals surface area contributed by atoms with Gasteiger partial charge in [0.1, 0.15) is 28.1 Å². The number of rotatable bonds is 8. The van der Waals surface area contributed by atoms with Crippen LogP contribution in [0.2, 0.25) is 0 Å². The van der Waals surface area contributed by atoms with E-state index in [0.717, 1.165) is 19.3 Å². The number of nitrogens with one attached hydrogen (secondary N) is 1. The minimum atomic E-state index is -3.64. The molecule has 1 aliphatic carbocycles. The number of aromatic hydroxyl groups is 1. The van der Waals surface area contributed by atoms with E-state index in [0.29, 0.717) is 22.6 Å². The van der Waals surface area contributed by atoms with Crippen LogP contribution in [0.3, 0.4) is 0 Å². The molecule has 178 valence electrons. The van der Waals surface area contributed by atoms with Crippen LogP contribution in [0, 0.1) is 25.7 Å². The van der Waals surface area contributed by atoms with Gasteiger partial charge in [0.05, 0.1) is 12.9 Å². The van der Waals surface area contributed by atoms with Crippen molar-refractivity contribution >= 4 is 27.4 Å². The van der Waals surface area contributed by atoms with Crippen LogP contribution in [-0.4, -0.2) is 38.3 Å². The summed E-state index contributed by atoms with van der Waals surface area (Å²) < 4.78 is 36.1. The molecule has 3 rings (SSSR count). The summed E-state index contributed by atoms with van der Waals surface area (Å²) in [5, 5.41) is 12.9. The molecule has 0 heterocycles. The van der Waals surface area contributed by atoms with Crippen molar-refractivity contribution in [3.63, 3.8) is 0 Å². The van der Waals surface area contributed by atoms with E-state index in [2.05, 4.69) is 10.1 Å². The smallest absolute Gasteiger partial charge is 0.317 e. The molecule has 0 aliphatic heterocycles. The molecule has 9 heteroatoms. The summed E-state index contributed by atoms with van der Waals surface area (Å²) in [7, 11) is -2.42. The maximum atomic E-state index is 12.8. The van der Waals surface area contributed by atoms with E-state index >= 15 is 0 Å². The lowest BCUT2D eigenvalue weighted by atomic mass is 9.87. The van der Waals surface area contributed by atoms with Gasteiger partial charge in [-0.15, -0.1) is 0 Å². The molecule has 1 amide bonds. The van der Waals surface area contributed by atoms with Crippen LogP contribution in [0.15, 0.2) is 35.2 Å². The zero-order valence-corrected chi connectivity index (χ0v) is 20.0. The number of carbonyl (C=O) groups is 2. The standard InChI is InChI=1S/C24H29NO7S/c1-14-10-18(25-23(27)16(3)24(28)31-4)11-15(2)22(14)32-19-8-9-20(26)21(12-19)33(29,30)13-17-6-5-7-17/h8-12,16-17,26H,5-7,13H2,1-4H3,(H,25,27). The number of carbonyl (C=O) groups excluding carboxylic acids is 2. The highest BCUT2D eigenvalue weighted by Crippen LogP contribution is 2.37. The average Bonchev–Trinajstić information content (AvgIpc) is 2.73. The Balaban J connectivity index is 1.81. The molecule has 2 aromatic carbocycles. The molecule has 1 aliphatic rings. The van der Waals surface area contributed by atoms with Crippen molar-refractivity contribution in [2.24, 2.45) is 11.8 Å². The first-order valence-electron chi connectivity index (χ1n) is 10.8. The zero-order chi connectivity index (χ0) is 24.3. The highest BCUT2D eigenvalue weighted by molar-refractivity contribution is 7.91. The van der Waals surface area contributed by atoms with Crippen LogP contribution >= 0.6 is 0 Å². The van der Waals surface area contributed by atoms with E-state index in [9.17, 15) is 23.1 Å². The SMILES string of the molecule is COC(=O)C(C)C(=O)Nc1cc(C)c(Oc2ccc(O)c(S(=O)(=O)CC3CCC3)c2)c(C)c1. The van der Waals surface area contributed by atoms with Crippen LogP contribution in [0.1, 0.15) is 37.3 Å². The fourth-order valence-corrected chi connectivity index (χ4v) is 5.52. The van der Waals surface area contributed by atoms with Crippen molar-refractivity contribution in [1.29, 1.82) is 0 Å². The molecule has 1 atom stereocenters. The number of anilines is 1. The first-order chi connectivity index (χ1) is 15.5. The number of sulfone groups is 1. The van der Waals surface area contributed by atoms with Crippen LogP contribution in [0.4, 0.5) is 5.69 Å². The molecule has 8 nitrogen and oxygen atoms in total. The third-order valence-electron chi connectivity index (χ3n) is 5.84. The summed E-state index contributed by atoms with van der Waals surface area (Å²) in [5.74, 6) is -1.44. The zero-order valence-electron chi connectivity index (χ0n) is 19.2. The molecule has 0 bridgehead atoms. The summed E-state index contributed by atoms with van der Waals surface area (Å²) in [5.41, 5.74) is 1.89. The Labute approximate surface area is 193 Å². The van der Waals surface area contributed by atoms with Gasteiger partial charge in [0.15, 0.2) is 9.84 Å². The van der Waals surface area contributed by atoms with E-state index < -0.39 is 27.6 Å². The summed E-state index contributed by atoms with van der Waals surface area (Å²) in [6.45, 7) is 5.03. The first-order valence-corrected chi connectivity index (χ1v) is 12.4. The number of phenols is 1. The number of hydrogen-bond donors (Lipinski definition) is 2. The van der Waals surface area contributed by atoms with E-state index in [4.69, 9.17) is 4.74 Å². The Morgan fingerprint density at radius 2 is 1.79 bits per heavy atom. The maximum Gasteiger partial charge on any atom is 0.317 e. The molecule has 2 N–H and O–H groups in total. The number of benzene rings is 2. The summed E-state index contributed by atoms with van der Waals surface area (Å²) in [4.78, 5) is 23.7. The molecule has 0 spiro atoms. The van der Waals surface area contributed by atoms with Gasteiger partial charge in [-0.25, -0.2) is 8.42 Å². The van der Waals surface area contributed by atoms with Gasteiger partial charge in [-0.05, 0) is 74.9 Å². The number of phenolic OH excluding ortho intramolecular Hbond substituents is 1. The highest BCUT2D eigenvalue weighted by Gasteiger charge is 2.28. The van der Waals surface area contributed by atoms with Crippen LogP contribution in [-0.2, 0) is 24.2 Å². The number of aryl methyl sites for hydroxylation is 2. The van der Waals surface area contributed by atoms with Crippen molar-refractivity contribution < 1.29 is 32.6 Å². The largest absolute Gasteiger partial charge is 0.507 e. The van der Waals surface area contributed by atoms with E-state index in [-0.39, 0.29) is 28.1 Å². The minimum absolute atomic E-state index is 0.0143. The normalized spacial score (nSPS) is 14.8. The molecule has 0 saturated heterocycles. The van der Waals surface area contributed by atoms with E-state index in [1.165, 1.54) is 32.2 Å². The van der Waals surface area contributed by atoms with Crippen molar-refractivity contribution in [3.8, 4) is 17.2 Å². The number of hydrogen-bond acceptors (Lipinski definition) is 7. The molecule has 2 aromatic rings. The highest BCUT2D eigenvalue weighted by atomic mass is 32.2. The van der Waals surface area contributed by atoms with Gasteiger partial charge in [0.25, 0.3) is 0 Å². The Kier molecular flexibility index (Phi) is 7.31. The third-order valence-corrected chi connectivity index (χ3v) is 7.75. The van der Waals surface area contributed by atoms with Crippen molar-refractivity contribution in [2.45, 2.75) is 44.9 Å². The summed E-state index contributed by atoms with van der Waals surface area (Å²) >= 11 is 0. The number of esters is 1. The summed E-state index contributed by atoms with van der Waals surface area (Å²) in [6, 6.07) is 7.55. The molecule has 33 heavy (non-hydrogen) atoms. The topological polar surface area (TPSA) is 119 Å². The fraction of sp³-hybridized carbons (Fsp3) is 0.417. The van der Waals surface area contributed by atoms with E-state index in [1.807, 2.05) is 0 Å². The maximum absolute atomic E-state index is 12.8. The molecular formula is C24H29NO7S. The molecule has 0 radical (unpaired) electrons. The lowest BCUT2D eigenvalue weighted by Crippen LogP contribution is -2.28. The first kappa shape index (κ1) is 24.6. The van der Waals surface area contributed by atoms with Crippen LogP contribution < -0.4 is 10.1 Å². The lowest BCUT2D eigenvalue weighted by molar-refractivity contribution is -0.147.